The summed E-state index contributed by atoms with van der Waals surface area (Å²) < 4.78 is 26.6. The highest BCUT2D eigenvalue weighted by molar-refractivity contribution is 7.91. The van der Waals surface area contributed by atoms with E-state index in [-0.39, 0.29) is 21.0 Å². The number of hydrogen-bond acceptors (Lipinski definition) is 4. The van der Waals surface area contributed by atoms with Crippen molar-refractivity contribution < 1.29 is 18.3 Å². The first-order chi connectivity index (χ1) is 8.27. The summed E-state index contributed by atoms with van der Waals surface area (Å²) in [5.41, 5.74) is 0. The van der Waals surface area contributed by atoms with Crippen LogP contribution in [0.1, 0.15) is 36.9 Å². The number of carbonyl (C=O) groups is 1. The van der Waals surface area contributed by atoms with E-state index in [0.717, 1.165) is 17.8 Å². The van der Waals surface area contributed by atoms with Crippen LogP contribution >= 0.6 is 11.3 Å². The van der Waals surface area contributed by atoms with Crippen LogP contribution in [0.15, 0.2) is 16.3 Å². The van der Waals surface area contributed by atoms with Gasteiger partial charge in [-0.15, -0.1) is 11.3 Å². The third-order valence-corrected chi connectivity index (χ3v) is 6.02. The molecular formula is C11H17NO4S2. The summed E-state index contributed by atoms with van der Waals surface area (Å²) in [6, 6.07) is 2.44. The molecule has 0 fully saturated rings. The van der Waals surface area contributed by atoms with Gasteiger partial charge in [0, 0.05) is 6.04 Å². The summed E-state index contributed by atoms with van der Waals surface area (Å²) in [5, 5.41) is 8.77. The zero-order valence-corrected chi connectivity index (χ0v) is 12.1. The van der Waals surface area contributed by atoms with Crippen LogP contribution in [0, 0.1) is 5.92 Å². The van der Waals surface area contributed by atoms with Crippen molar-refractivity contribution in [2.24, 2.45) is 5.92 Å². The van der Waals surface area contributed by atoms with Gasteiger partial charge in [-0.3, -0.25) is 0 Å². The molecule has 7 heteroatoms. The van der Waals surface area contributed by atoms with Crippen LogP contribution in [-0.2, 0) is 10.0 Å². The number of hydrogen-bond donors (Lipinski definition) is 2. The lowest BCUT2D eigenvalue weighted by Crippen LogP contribution is -2.36. The molecule has 0 aliphatic heterocycles. The van der Waals surface area contributed by atoms with E-state index in [4.69, 9.17) is 5.11 Å². The maximum Gasteiger partial charge on any atom is 0.345 e. The monoisotopic (exact) mass is 291 g/mol. The first-order valence-corrected chi connectivity index (χ1v) is 7.93. The van der Waals surface area contributed by atoms with Crippen LogP contribution in [0.2, 0.25) is 0 Å². The fourth-order valence-electron chi connectivity index (χ4n) is 1.35. The summed E-state index contributed by atoms with van der Waals surface area (Å²) in [4.78, 5) is 10.7. The van der Waals surface area contributed by atoms with E-state index in [1.807, 2.05) is 13.8 Å². The average Bonchev–Trinajstić information content (AvgIpc) is 2.77. The Bertz CT molecular complexity index is 521. The van der Waals surface area contributed by atoms with E-state index in [0.29, 0.717) is 0 Å². The molecule has 0 radical (unpaired) electrons. The zero-order valence-electron chi connectivity index (χ0n) is 10.5. The Hall–Kier alpha value is -0.920. The number of thiophene rings is 1. The van der Waals surface area contributed by atoms with Crippen LogP contribution in [-0.4, -0.2) is 25.5 Å². The highest BCUT2D eigenvalue weighted by Crippen LogP contribution is 2.22. The van der Waals surface area contributed by atoms with Crippen LogP contribution in [0.4, 0.5) is 0 Å². The minimum Gasteiger partial charge on any atom is -0.477 e. The number of nitrogens with one attached hydrogen (secondary N) is 1. The lowest BCUT2D eigenvalue weighted by Gasteiger charge is -2.19. The van der Waals surface area contributed by atoms with E-state index in [1.54, 1.807) is 6.92 Å². The molecule has 1 heterocycles. The molecule has 0 aliphatic carbocycles. The molecule has 2 unspecified atom stereocenters. The summed E-state index contributed by atoms with van der Waals surface area (Å²) in [6.07, 6.45) is 0.870. The van der Waals surface area contributed by atoms with E-state index in [2.05, 4.69) is 4.72 Å². The van der Waals surface area contributed by atoms with Gasteiger partial charge in [0.25, 0.3) is 0 Å². The second kappa shape index (κ2) is 5.81. The molecule has 0 saturated heterocycles. The Morgan fingerprint density at radius 2 is 2.06 bits per heavy atom. The molecule has 2 N–H and O–H groups in total. The molecule has 5 nitrogen and oxygen atoms in total. The molecule has 0 spiro atoms. The topological polar surface area (TPSA) is 83.5 Å². The van der Waals surface area contributed by atoms with Gasteiger partial charge < -0.3 is 5.11 Å². The Labute approximate surface area is 111 Å². The van der Waals surface area contributed by atoms with E-state index in [9.17, 15) is 13.2 Å². The average molecular weight is 291 g/mol. The van der Waals surface area contributed by atoms with E-state index < -0.39 is 16.0 Å². The number of carboxylic acid groups (broad SMARTS) is 1. The smallest absolute Gasteiger partial charge is 0.345 e. The molecule has 2 atom stereocenters. The van der Waals surface area contributed by atoms with Gasteiger partial charge in [0.15, 0.2) is 0 Å². The van der Waals surface area contributed by atoms with Gasteiger partial charge in [-0.05, 0) is 25.0 Å². The normalized spacial score (nSPS) is 15.3. The van der Waals surface area contributed by atoms with Gasteiger partial charge in [0.1, 0.15) is 9.09 Å². The second-order valence-electron chi connectivity index (χ2n) is 4.22. The van der Waals surface area contributed by atoms with Crippen LogP contribution in [0.25, 0.3) is 0 Å². The molecule has 1 aromatic rings. The molecule has 0 bridgehead atoms. The van der Waals surface area contributed by atoms with Crippen LogP contribution < -0.4 is 4.72 Å². The predicted octanol–water partition coefficient (Wildman–Crippen LogP) is 2.16. The highest BCUT2D eigenvalue weighted by atomic mass is 32.2. The lowest BCUT2D eigenvalue weighted by molar-refractivity contribution is 0.0702. The number of sulfonamides is 1. The van der Waals surface area contributed by atoms with Gasteiger partial charge in [-0.2, -0.15) is 0 Å². The number of carboxylic acids is 1. The lowest BCUT2D eigenvalue weighted by atomic mass is 10.0. The molecule has 1 aromatic heterocycles. The van der Waals surface area contributed by atoms with Crippen molar-refractivity contribution >= 4 is 27.3 Å². The quantitative estimate of drug-likeness (QED) is 0.841. The molecule has 102 valence electrons. The first kappa shape index (κ1) is 15.1. The summed E-state index contributed by atoms with van der Waals surface area (Å²) in [6.45, 7) is 5.75. The summed E-state index contributed by atoms with van der Waals surface area (Å²) >= 11 is 0.759. The van der Waals surface area contributed by atoms with Crippen molar-refractivity contribution in [3.05, 3.63) is 17.0 Å². The predicted molar refractivity (Wildman–Crippen MR) is 70.5 cm³/mol. The third-order valence-electron chi connectivity index (χ3n) is 2.90. The molecular weight excluding hydrogens is 274 g/mol. The van der Waals surface area contributed by atoms with Crippen molar-refractivity contribution in [3.63, 3.8) is 0 Å². The van der Waals surface area contributed by atoms with Crippen molar-refractivity contribution in [1.29, 1.82) is 0 Å². The Balaban J connectivity index is 2.89. The maximum atomic E-state index is 12.0. The molecule has 0 amide bonds. The fourth-order valence-corrected chi connectivity index (χ4v) is 3.87. The third kappa shape index (κ3) is 3.54. The fraction of sp³-hybridized carbons (Fsp3) is 0.545. The van der Waals surface area contributed by atoms with Crippen molar-refractivity contribution in [3.8, 4) is 0 Å². The SMILES string of the molecule is CCC(C)C(C)NS(=O)(=O)c1ccc(C(=O)O)s1. The molecule has 1 rings (SSSR count). The highest BCUT2D eigenvalue weighted by Gasteiger charge is 2.23. The minimum atomic E-state index is -3.62. The van der Waals surface area contributed by atoms with Crippen molar-refractivity contribution in [2.45, 2.75) is 37.4 Å². The summed E-state index contributed by atoms with van der Waals surface area (Å²) in [5.74, 6) is -0.893. The van der Waals surface area contributed by atoms with E-state index >= 15 is 0 Å². The zero-order chi connectivity index (χ0) is 13.9. The first-order valence-electron chi connectivity index (χ1n) is 5.63. The van der Waals surface area contributed by atoms with Gasteiger partial charge in [0.05, 0.1) is 0 Å². The van der Waals surface area contributed by atoms with Crippen molar-refractivity contribution in [1.82, 2.24) is 4.72 Å². The molecule has 0 aromatic carbocycles. The van der Waals surface area contributed by atoms with Gasteiger partial charge in [-0.1, -0.05) is 20.3 Å². The van der Waals surface area contributed by atoms with Crippen molar-refractivity contribution in [2.75, 3.05) is 0 Å². The van der Waals surface area contributed by atoms with Crippen LogP contribution in [0.5, 0.6) is 0 Å². The number of aromatic carboxylic acids is 1. The van der Waals surface area contributed by atoms with E-state index in [1.165, 1.54) is 12.1 Å². The van der Waals surface area contributed by atoms with Crippen LogP contribution in [0.3, 0.4) is 0 Å². The second-order valence-corrected chi connectivity index (χ2v) is 7.24. The Kier molecular flexibility index (Phi) is 4.89. The standard InChI is InChI=1S/C11H17NO4S2/c1-4-7(2)8(3)12-18(15,16)10-6-5-9(17-10)11(13)14/h5-8,12H,4H2,1-3H3,(H,13,14). The Morgan fingerprint density at radius 3 is 2.50 bits per heavy atom. The Morgan fingerprint density at radius 1 is 1.44 bits per heavy atom. The minimum absolute atomic E-state index is 0.0200. The maximum absolute atomic E-state index is 12.0. The van der Waals surface area contributed by atoms with Gasteiger partial charge in [-0.25, -0.2) is 17.9 Å². The molecule has 0 saturated carbocycles. The van der Waals surface area contributed by atoms with Gasteiger partial charge in [0.2, 0.25) is 10.0 Å². The number of rotatable bonds is 6. The van der Waals surface area contributed by atoms with Gasteiger partial charge >= 0.3 is 5.97 Å². The molecule has 18 heavy (non-hydrogen) atoms. The molecule has 0 aliphatic rings. The summed E-state index contributed by atoms with van der Waals surface area (Å²) in [7, 11) is -3.62. The largest absolute Gasteiger partial charge is 0.477 e.